The van der Waals surface area contributed by atoms with Gasteiger partial charge in [0.15, 0.2) is 46.0 Å². The Kier molecular flexibility index (Phi) is 31.7. The summed E-state index contributed by atoms with van der Waals surface area (Å²) in [5, 5.41) is 52.7. The van der Waals surface area contributed by atoms with Gasteiger partial charge in [0.2, 0.25) is 46.6 Å². The predicted molar refractivity (Wildman–Crippen MR) is 497 cm³/mol. The molecule has 8 N–H and O–H groups in total. The molecule has 25 nitrogen and oxygen atoms in total. The maximum atomic E-state index is 14.2. The minimum absolute atomic E-state index is 0.00495. The lowest BCUT2D eigenvalue weighted by molar-refractivity contribution is -0.122. The quantitative estimate of drug-likeness (QED) is 0.0189. The number of phenolic OH excluding ortho intramolecular Hbond substituents is 4. The molecule has 0 saturated carbocycles. The highest BCUT2D eigenvalue weighted by Gasteiger charge is 2.42. The number of aryl methyl sites for hydroxylation is 1. The van der Waals surface area contributed by atoms with Gasteiger partial charge in [0, 0.05) is 37.5 Å². The number of amides is 4. The molecule has 0 bridgehead atoms. The van der Waals surface area contributed by atoms with Gasteiger partial charge in [-0.15, -0.1) is 0 Å². The molecule has 0 aliphatic heterocycles. The van der Waals surface area contributed by atoms with E-state index in [0.717, 1.165) is 95.9 Å². The second-order valence-electron chi connectivity index (χ2n) is 33.6. The molecule has 8 atom stereocenters. The van der Waals surface area contributed by atoms with E-state index in [4.69, 9.17) is 60.3 Å². The molecule has 133 heavy (non-hydrogen) atoms. The number of carbonyl (C=O) groups is 4. The van der Waals surface area contributed by atoms with Gasteiger partial charge in [-0.25, -0.2) is 8.78 Å². The predicted octanol–water partition coefficient (Wildman–Crippen LogP) is 19.8. The third-order valence-corrected chi connectivity index (χ3v) is 25.7. The number of hydrogen-bond acceptors (Lipinski definition) is 21. The highest BCUT2D eigenvalue weighted by molar-refractivity contribution is 5.86. The first-order valence-corrected chi connectivity index (χ1v) is 43.9. The summed E-state index contributed by atoms with van der Waals surface area (Å²) in [7, 11) is 13.7. The van der Waals surface area contributed by atoms with Gasteiger partial charge in [0.05, 0.1) is 115 Å². The monoisotopic (exact) mass is 1820 g/mol. The maximum Gasteiger partial charge on any atom is 0.221 e. The first-order valence-electron chi connectivity index (χ1n) is 43.9. The van der Waals surface area contributed by atoms with Crippen LogP contribution in [0.15, 0.2) is 224 Å². The number of furan rings is 4. The average molecular weight is 1820 g/mol. The largest absolute Gasteiger partial charge is 0.502 e. The lowest BCUT2D eigenvalue weighted by atomic mass is 9.83. The molecule has 8 aromatic carbocycles. The van der Waals surface area contributed by atoms with E-state index < -0.39 is 0 Å². The van der Waals surface area contributed by atoms with Gasteiger partial charge in [0.25, 0.3) is 0 Å². The first-order chi connectivity index (χ1) is 64.2. The summed E-state index contributed by atoms with van der Waals surface area (Å²) in [5.74, 6) is 5.70. The number of rotatable bonds is 33. The molecule has 27 heteroatoms. The second kappa shape index (κ2) is 43.9. The first kappa shape index (κ1) is 96.1. The smallest absolute Gasteiger partial charge is 0.221 e. The summed E-state index contributed by atoms with van der Waals surface area (Å²) >= 11 is 0. The standard InChI is InChI=1S/C27H29NO6.C27H31NO5.C26H28FNO5.C26H26FNO5/c1-16-21(10-17-11-24(32-3)27(30)25(12-17)33-4)20-8-7-18(31-2)13-23(20)22(16)14-26(29)28-15-19-6-5-9-34-19;1-16-7-8-20-21(11-18-12-24(31-3)27(30)25(13-18)32-4)17(2)22(23(20)10-16)14-26(29)28-15-19-6-5-9-33-19;2*1-15-20(9-16-10-23(31-2)26(30)24(11-16)32-3)19-7-6-17(27)12-22(19)21(15)13-25(29)28-14-18-5-4-8-33-18/h5-9,11-13,22,30H,10,14-15H2,1-4H3,(H,28,29);5-10,12-13,17,21-22,30H,11,14-15H2,1-4H3,(H,28,29);4-8,10-12,15,20-21,30H,9,13-14H2,1-3H3,(H,28,29);4-8,10-12,21,30H,9,13-14H2,1-3H3,(H,28,29). The van der Waals surface area contributed by atoms with E-state index in [9.17, 15) is 48.4 Å². The van der Waals surface area contributed by atoms with Crippen LogP contribution in [0.5, 0.6) is 74.7 Å². The van der Waals surface area contributed by atoms with Crippen molar-refractivity contribution in [3.63, 3.8) is 0 Å². The Bertz CT molecular complexity index is 5850. The Labute approximate surface area is 772 Å². The van der Waals surface area contributed by atoms with Gasteiger partial charge < -0.3 is 102 Å². The highest BCUT2D eigenvalue weighted by atomic mass is 19.1. The van der Waals surface area contributed by atoms with E-state index in [0.29, 0.717) is 122 Å². The average Bonchev–Trinajstić information content (AvgIpc) is 1.62. The molecular formula is C106H114F2N4O21. The van der Waals surface area contributed by atoms with Crippen LogP contribution in [0.25, 0.3) is 11.1 Å². The lowest BCUT2D eigenvalue weighted by Gasteiger charge is -2.22. The summed E-state index contributed by atoms with van der Waals surface area (Å²) in [6.45, 7) is 11.8. The van der Waals surface area contributed by atoms with Crippen molar-refractivity contribution in [1.29, 1.82) is 0 Å². The molecule has 0 radical (unpaired) electrons. The molecule has 16 rings (SSSR count). The van der Waals surface area contributed by atoms with Crippen LogP contribution in [-0.4, -0.2) is 108 Å². The molecule has 8 unspecified atom stereocenters. The van der Waals surface area contributed by atoms with Gasteiger partial charge in [0.1, 0.15) is 40.4 Å². The Morgan fingerprint density at radius 3 is 0.962 bits per heavy atom. The minimum atomic E-state index is -0.336. The van der Waals surface area contributed by atoms with Crippen LogP contribution < -0.4 is 63.9 Å². The zero-order valence-corrected chi connectivity index (χ0v) is 77.1. The number of ether oxygens (including phenoxy) is 9. The number of phenols is 4. The molecule has 12 aromatic rings. The van der Waals surface area contributed by atoms with Crippen LogP contribution in [0.1, 0.15) is 184 Å². The van der Waals surface area contributed by atoms with Crippen molar-refractivity contribution in [3.8, 4) is 74.7 Å². The number of aromatic hydroxyl groups is 4. The van der Waals surface area contributed by atoms with E-state index in [1.165, 1.54) is 91.8 Å². The number of methoxy groups -OCH3 is 9. The van der Waals surface area contributed by atoms with Crippen LogP contribution in [-0.2, 0) is 71.0 Å². The summed E-state index contributed by atoms with van der Waals surface area (Å²) < 4.78 is 97.4. The number of fused-ring (bicyclic) bond motifs is 4. The molecule has 4 heterocycles. The Hall–Kier alpha value is -14.5. The van der Waals surface area contributed by atoms with Gasteiger partial charge in [-0.1, -0.05) is 67.0 Å². The zero-order chi connectivity index (χ0) is 94.8. The lowest BCUT2D eigenvalue weighted by Crippen LogP contribution is -2.25. The van der Waals surface area contributed by atoms with Gasteiger partial charge in [-0.3, -0.25) is 19.2 Å². The normalized spacial score (nSPS) is 17.0. The van der Waals surface area contributed by atoms with Crippen LogP contribution in [0.2, 0.25) is 0 Å². The number of allylic oxidation sites excluding steroid dienone is 4. The fourth-order valence-corrected chi connectivity index (χ4v) is 18.7. The summed E-state index contributed by atoms with van der Waals surface area (Å²) in [4.78, 5) is 51.0. The third-order valence-electron chi connectivity index (χ3n) is 25.7. The summed E-state index contributed by atoms with van der Waals surface area (Å²) in [5.41, 5.74) is 17.6. The fraction of sp³-hybridized carbons (Fsp3) is 0.321. The topological polar surface area (TPSA) is 333 Å². The van der Waals surface area contributed by atoms with E-state index in [1.54, 1.807) is 98.9 Å². The molecule has 4 amide bonds. The van der Waals surface area contributed by atoms with Crippen LogP contribution in [0, 0.1) is 30.4 Å². The number of halogens is 2. The van der Waals surface area contributed by atoms with Crippen LogP contribution in [0.4, 0.5) is 8.78 Å². The molecule has 0 saturated heterocycles. The number of benzene rings is 8. The van der Waals surface area contributed by atoms with Crippen molar-refractivity contribution in [2.75, 3.05) is 64.0 Å². The molecule has 0 spiro atoms. The van der Waals surface area contributed by atoms with Crippen LogP contribution >= 0.6 is 0 Å². The van der Waals surface area contributed by atoms with Crippen molar-refractivity contribution in [3.05, 3.63) is 313 Å². The molecule has 0 fully saturated rings. The molecule has 4 aromatic heterocycles. The van der Waals surface area contributed by atoms with E-state index >= 15 is 0 Å². The van der Waals surface area contributed by atoms with E-state index in [1.807, 2.05) is 73.7 Å². The third kappa shape index (κ3) is 22.6. The number of carbonyl (C=O) groups excluding carboxylic acids is 4. The van der Waals surface area contributed by atoms with Crippen molar-refractivity contribution >= 4 is 34.8 Å². The molecule has 698 valence electrons. The number of hydrogen-bond donors (Lipinski definition) is 8. The minimum Gasteiger partial charge on any atom is -0.502 e. The Balaban J connectivity index is 0.000000151. The van der Waals surface area contributed by atoms with Crippen molar-refractivity contribution in [2.24, 2.45) is 11.8 Å². The fourth-order valence-electron chi connectivity index (χ4n) is 18.7. The zero-order valence-electron chi connectivity index (χ0n) is 77.1. The van der Waals surface area contributed by atoms with Crippen molar-refractivity contribution in [1.82, 2.24) is 21.3 Å². The van der Waals surface area contributed by atoms with Gasteiger partial charge in [-0.2, -0.15) is 0 Å². The second-order valence-corrected chi connectivity index (χ2v) is 33.6. The van der Waals surface area contributed by atoms with Gasteiger partial charge in [-0.05, 0) is 293 Å². The number of nitrogens with one attached hydrogen (secondary N) is 4. The molecule has 4 aliphatic carbocycles. The molecule has 4 aliphatic rings. The Morgan fingerprint density at radius 1 is 0.331 bits per heavy atom. The van der Waals surface area contributed by atoms with E-state index in [2.05, 4.69) is 67.2 Å². The van der Waals surface area contributed by atoms with Crippen molar-refractivity contribution < 1.29 is 109 Å². The highest BCUT2D eigenvalue weighted by Crippen LogP contribution is 2.55. The van der Waals surface area contributed by atoms with Crippen LogP contribution in [0.3, 0.4) is 0 Å². The Morgan fingerprint density at radius 2 is 0.632 bits per heavy atom. The SMILES string of the molecule is COc1cc(CC2=C(C)C(CC(=O)NCc3ccco3)c3cc(F)ccc32)cc(OC)c1O.COc1cc(CC2c3ccc(C)cc3C(CC(=O)NCc3ccco3)C2C)cc(OC)c1O.COc1cc(CC2c3ccc(F)cc3C(CC(=O)NCc3ccco3)C2C)cc(OC)c1O.COc1ccc2c(c1)C(CC(=O)NCc1ccco1)C(C)=C2Cc1cc(OC)c(O)c(OC)c1. The van der Waals surface area contributed by atoms with Gasteiger partial charge >= 0.3 is 0 Å². The van der Waals surface area contributed by atoms with Crippen molar-refractivity contribution in [2.45, 2.75) is 148 Å². The maximum absolute atomic E-state index is 14.2. The summed E-state index contributed by atoms with van der Waals surface area (Å²) in [6.07, 6.45) is 10.0. The summed E-state index contributed by atoms with van der Waals surface area (Å²) in [6, 6.07) is 51.0. The van der Waals surface area contributed by atoms with E-state index in [-0.39, 0.29) is 118 Å². The molecular weight excluding hydrogens is 1700 g/mol.